The first-order valence-corrected chi connectivity index (χ1v) is 8.84. The Kier molecular flexibility index (Phi) is 6.14. The zero-order chi connectivity index (χ0) is 19.9. The minimum absolute atomic E-state index is 0.151. The molecule has 0 aliphatic rings. The van der Waals surface area contributed by atoms with Gasteiger partial charge in [0.1, 0.15) is 12.4 Å². The fourth-order valence-electron chi connectivity index (χ4n) is 2.57. The molecule has 4 N–H and O–H groups in total. The lowest BCUT2D eigenvalue weighted by Gasteiger charge is -2.14. The van der Waals surface area contributed by atoms with Crippen molar-refractivity contribution in [2.24, 2.45) is 5.73 Å². The maximum Gasteiger partial charge on any atom is 0.323 e. The molecule has 3 aromatic rings. The minimum atomic E-state index is -0.567. The van der Waals surface area contributed by atoms with E-state index in [0.717, 1.165) is 5.56 Å². The van der Waals surface area contributed by atoms with Crippen molar-refractivity contribution in [3.8, 4) is 5.75 Å². The maximum absolute atomic E-state index is 12.3. The number of urea groups is 1. The Morgan fingerprint density at radius 1 is 0.929 bits per heavy atom. The molecule has 0 bridgehead atoms. The highest BCUT2D eigenvalue weighted by Crippen LogP contribution is 2.22. The molecule has 142 valence electrons. The van der Waals surface area contributed by atoms with Crippen LogP contribution in [0.1, 0.15) is 15.9 Å². The lowest BCUT2D eigenvalue weighted by Crippen LogP contribution is -2.20. The Balaban J connectivity index is 1.69. The molecule has 3 rings (SSSR count). The van der Waals surface area contributed by atoms with Gasteiger partial charge >= 0.3 is 6.03 Å². The first-order chi connectivity index (χ1) is 13.5. The third-order valence-corrected chi connectivity index (χ3v) is 4.12. The van der Waals surface area contributed by atoms with E-state index in [1.807, 2.05) is 12.1 Å². The molecule has 0 heterocycles. The first kappa shape index (κ1) is 19.3. The highest BCUT2D eigenvalue weighted by molar-refractivity contribution is 6.30. The van der Waals surface area contributed by atoms with Gasteiger partial charge in [0, 0.05) is 22.0 Å². The molecule has 0 aliphatic heterocycles. The topological polar surface area (TPSA) is 93.5 Å². The number of ether oxygens (including phenoxy) is 1. The molecule has 0 saturated heterocycles. The summed E-state index contributed by atoms with van der Waals surface area (Å²) in [6.07, 6.45) is 0. The number of carbonyl (C=O) groups is 2. The second-order valence-electron chi connectivity index (χ2n) is 5.90. The summed E-state index contributed by atoms with van der Waals surface area (Å²) in [6, 6.07) is 20.4. The van der Waals surface area contributed by atoms with Crippen molar-refractivity contribution in [3.05, 3.63) is 88.9 Å². The van der Waals surface area contributed by atoms with Crippen LogP contribution in [0.5, 0.6) is 5.75 Å². The largest absolute Gasteiger partial charge is 0.488 e. The van der Waals surface area contributed by atoms with E-state index in [0.29, 0.717) is 27.7 Å². The highest BCUT2D eigenvalue weighted by atomic mass is 35.5. The number of anilines is 2. The Labute approximate surface area is 167 Å². The number of para-hydroxylation sites is 2. The molecule has 0 aliphatic carbocycles. The molecule has 0 unspecified atom stereocenters. The van der Waals surface area contributed by atoms with Crippen LogP contribution in [0.15, 0.2) is 72.8 Å². The van der Waals surface area contributed by atoms with Crippen molar-refractivity contribution in [1.82, 2.24) is 0 Å². The molecule has 28 heavy (non-hydrogen) atoms. The summed E-state index contributed by atoms with van der Waals surface area (Å²) < 4.78 is 5.75. The molecule has 0 fully saturated rings. The molecular weight excluding hydrogens is 378 g/mol. The van der Waals surface area contributed by atoms with Gasteiger partial charge in [0.2, 0.25) is 0 Å². The van der Waals surface area contributed by atoms with Crippen molar-refractivity contribution in [1.29, 1.82) is 0 Å². The van der Waals surface area contributed by atoms with Crippen LogP contribution >= 0.6 is 11.6 Å². The van der Waals surface area contributed by atoms with Crippen LogP contribution in [-0.2, 0) is 6.61 Å². The van der Waals surface area contributed by atoms with Gasteiger partial charge in [-0.1, -0.05) is 48.0 Å². The average molecular weight is 396 g/mol. The Hall–Kier alpha value is -3.51. The maximum atomic E-state index is 12.3. The van der Waals surface area contributed by atoms with Gasteiger partial charge in [0.15, 0.2) is 0 Å². The van der Waals surface area contributed by atoms with E-state index < -0.39 is 11.9 Å². The monoisotopic (exact) mass is 395 g/mol. The zero-order valence-corrected chi connectivity index (χ0v) is 15.6. The zero-order valence-electron chi connectivity index (χ0n) is 14.8. The Morgan fingerprint density at radius 2 is 1.68 bits per heavy atom. The summed E-state index contributed by atoms with van der Waals surface area (Å²) in [5.74, 6) is -0.184. The van der Waals surface area contributed by atoms with E-state index in [-0.39, 0.29) is 6.61 Å². The van der Waals surface area contributed by atoms with Gasteiger partial charge in [-0.05, 0) is 36.4 Å². The molecule has 0 saturated carbocycles. The van der Waals surface area contributed by atoms with Crippen LogP contribution in [-0.4, -0.2) is 11.9 Å². The minimum Gasteiger partial charge on any atom is -0.488 e. The van der Waals surface area contributed by atoms with E-state index >= 15 is 0 Å². The summed E-state index contributed by atoms with van der Waals surface area (Å²) in [5.41, 5.74) is 7.57. The second-order valence-corrected chi connectivity index (χ2v) is 6.33. The van der Waals surface area contributed by atoms with Crippen LogP contribution in [0.3, 0.4) is 0 Å². The predicted molar refractivity (Wildman–Crippen MR) is 110 cm³/mol. The number of hydrogen-bond donors (Lipinski definition) is 3. The number of nitrogens with two attached hydrogens (primary N) is 1. The molecule has 3 amide bonds. The molecule has 0 aromatic heterocycles. The predicted octanol–water partition coefficient (Wildman–Crippen LogP) is 4.66. The van der Waals surface area contributed by atoms with Crippen molar-refractivity contribution in [3.63, 3.8) is 0 Å². The number of primary amides is 1. The Bertz CT molecular complexity index is 1010. The third kappa shape index (κ3) is 5.02. The fraction of sp³-hybridized carbons (Fsp3) is 0.0476. The number of benzene rings is 3. The van der Waals surface area contributed by atoms with Crippen LogP contribution in [0.2, 0.25) is 5.02 Å². The van der Waals surface area contributed by atoms with Crippen LogP contribution in [0.4, 0.5) is 16.2 Å². The number of carbonyl (C=O) groups excluding carboxylic acids is 2. The third-order valence-electron chi connectivity index (χ3n) is 3.88. The van der Waals surface area contributed by atoms with Crippen molar-refractivity contribution < 1.29 is 14.3 Å². The summed E-state index contributed by atoms with van der Waals surface area (Å²) in [5, 5.41) is 6.03. The van der Waals surface area contributed by atoms with Crippen LogP contribution in [0.25, 0.3) is 0 Å². The normalized spacial score (nSPS) is 10.2. The van der Waals surface area contributed by atoms with Crippen molar-refractivity contribution >= 4 is 34.9 Å². The summed E-state index contributed by atoms with van der Waals surface area (Å²) in [7, 11) is 0. The van der Waals surface area contributed by atoms with Gasteiger partial charge in [-0.2, -0.15) is 0 Å². The van der Waals surface area contributed by atoms with E-state index in [9.17, 15) is 9.59 Å². The summed E-state index contributed by atoms with van der Waals surface area (Å²) >= 11 is 5.93. The number of hydrogen-bond acceptors (Lipinski definition) is 3. The van der Waals surface area contributed by atoms with Gasteiger partial charge in [0.25, 0.3) is 5.91 Å². The lowest BCUT2D eigenvalue weighted by molar-refractivity contribution is 0.0996. The number of amides is 3. The van der Waals surface area contributed by atoms with Crippen LogP contribution in [0, 0.1) is 0 Å². The quantitative estimate of drug-likeness (QED) is 0.566. The number of nitrogens with one attached hydrogen (secondary N) is 2. The van der Waals surface area contributed by atoms with Gasteiger partial charge < -0.3 is 21.1 Å². The van der Waals surface area contributed by atoms with Crippen molar-refractivity contribution in [2.45, 2.75) is 6.61 Å². The van der Waals surface area contributed by atoms with E-state index in [2.05, 4.69) is 10.6 Å². The SMILES string of the molecule is NC(=O)c1ccccc1OCc1ccccc1NC(=O)Nc1cccc(Cl)c1. The van der Waals surface area contributed by atoms with Gasteiger partial charge in [-0.15, -0.1) is 0 Å². The fourth-order valence-corrected chi connectivity index (χ4v) is 2.76. The summed E-state index contributed by atoms with van der Waals surface area (Å²) in [6.45, 7) is 0.151. The van der Waals surface area contributed by atoms with Gasteiger partial charge in [-0.25, -0.2) is 4.79 Å². The molecule has 0 atom stereocenters. The Morgan fingerprint density at radius 3 is 2.46 bits per heavy atom. The number of halogens is 1. The van der Waals surface area contributed by atoms with Gasteiger partial charge in [0.05, 0.1) is 5.56 Å². The van der Waals surface area contributed by atoms with Gasteiger partial charge in [-0.3, -0.25) is 4.79 Å². The van der Waals surface area contributed by atoms with Crippen molar-refractivity contribution in [2.75, 3.05) is 10.6 Å². The highest BCUT2D eigenvalue weighted by Gasteiger charge is 2.11. The molecule has 3 aromatic carbocycles. The average Bonchev–Trinajstić information content (AvgIpc) is 2.67. The van der Waals surface area contributed by atoms with Crippen LogP contribution < -0.4 is 21.1 Å². The molecule has 6 nitrogen and oxygen atoms in total. The first-order valence-electron chi connectivity index (χ1n) is 8.46. The molecular formula is C21H18ClN3O3. The van der Waals surface area contributed by atoms with E-state index in [1.54, 1.807) is 60.7 Å². The second kappa shape index (κ2) is 8.92. The standard InChI is InChI=1S/C21H18ClN3O3/c22-15-7-5-8-16(12-15)24-21(27)25-18-10-3-1-6-14(18)13-28-19-11-4-2-9-17(19)20(23)26/h1-12H,13H2,(H2,23,26)(H2,24,25,27). The molecule has 0 spiro atoms. The smallest absolute Gasteiger partial charge is 0.323 e. The summed E-state index contributed by atoms with van der Waals surface area (Å²) in [4.78, 5) is 23.8. The van der Waals surface area contributed by atoms with E-state index in [4.69, 9.17) is 22.1 Å². The molecule has 0 radical (unpaired) electrons. The number of rotatable bonds is 6. The lowest BCUT2D eigenvalue weighted by atomic mass is 10.1. The van der Waals surface area contributed by atoms with E-state index in [1.165, 1.54) is 0 Å². The molecule has 7 heteroatoms.